The fraction of sp³-hybridized carbons (Fsp3) is 0.167. The highest BCUT2D eigenvalue weighted by molar-refractivity contribution is 6.29. The topological polar surface area (TPSA) is 71.3 Å². The van der Waals surface area contributed by atoms with E-state index in [2.05, 4.69) is 10.6 Å². The van der Waals surface area contributed by atoms with Gasteiger partial charge in [-0.25, -0.2) is 0 Å². The first-order chi connectivity index (χ1) is 14.0. The van der Waals surface area contributed by atoms with Crippen molar-refractivity contribution in [3.63, 3.8) is 0 Å². The summed E-state index contributed by atoms with van der Waals surface area (Å²) in [4.78, 5) is 25.7. The van der Waals surface area contributed by atoms with Gasteiger partial charge in [-0.05, 0) is 41.8 Å². The highest BCUT2D eigenvalue weighted by atomic mass is 16.3. The number of para-hydroxylation sites is 1. The molecule has 0 spiro atoms. The molecule has 5 nitrogen and oxygen atoms in total. The molecule has 1 aromatic heterocycles. The van der Waals surface area contributed by atoms with Gasteiger partial charge in [0.2, 0.25) is 0 Å². The highest BCUT2D eigenvalue weighted by Crippen LogP contribution is 2.22. The molecule has 3 aromatic rings. The predicted molar refractivity (Wildman–Crippen MR) is 115 cm³/mol. The zero-order valence-corrected chi connectivity index (χ0v) is 16.5. The second kappa shape index (κ2) is 9.55. The van der Waals surface area contributed by atoms with Crippen LogP contribution in [-0.2, 0) is 4.79 Å². The summed E-state index contributed by atoms with van der Waals surface area (Å²) in [5.41, 5.74) is 2.08. The third-order valence-corrected chi connectivity index (χ3v) is 4.25. The van der Waals surface area contributed by atoms with Crippen LogP contribution in [0.4, 0.5) is 5.69 Å². The van der Waals surface area contributed by atoms with Crippen molar-refractivity contribution < 1.29 is 14.0 Å². The second-order valence-electron chi connectivity index (χ2n) is 7.04. The van der Waals surface area contributed by atoms with Gasteiger partial charge < -0.3 is 15.1 Å². The van der Waals surface area contributed by atoms with E-state index in [4.69, 9.17) is 4.42 Å². The number of nitrogens with one attached hydrogen (secondary N) is 2. The number of carbonyl (C=O) groups excluding carboxylic acids is 2. The maximum Gasteiger partial charge on any atom is 0.256 e. The van der Waals surface area contributed by atoms with Crippen molar-refractivity contribution in [1.82, 2.24) is 5.32 Å². The molecule has 0 aliphatic rings. The Morgan fingerprint density at radius 2 is 1.69 bits per heavy atom. The van der Waals surface area contributed by atoms with Gasteiger partial charge in [-0.15, -0.1) is 0 Å². The Balaban J connectivity index is 1.88. The lowest BCUT2D eigenvalue weighted by Crippen LogP contribution is -2.28. The standard InChI is InChI=1S/C24H24N2O3/c1-17(2)16-25-23(27)20-12-6-7-13-22(20)26-24(28)21(15-19-11-8-14-29-19)18-9-4-3-5-10-18/h3-15,17H,16H2,1-2H3,(H,25,27)(H,26,28)/b21-15+. The lowest BCUT2D eigenvalue weighted by atomic mass is 10.0. The molecule has 148 valence electrons. The molecule has 2 aromatic carbocycles. The van der Waals surface area contributed by atoms with Gasteiger partial charge in [0.15, 0.2) is 0 Å². The second-order valence-corrected chi connectivity index (χ2v) is 7.04. The molecule has 3 rings (SSSR count). The largest absolute Gasteiger partial charge is 0.465 e. The molecule has 2 N–H and O–H groups in total. The zero-order valence-electron chi connectivity index (χ0n) is 16.5. The molecule has 0 aliphatic carbocycles. The lowest BCUT2D eigenvalue weighted by molar-refractivity contribution is -0.111. The summed E-state index contributed by atoms with van der Waals surface area (Å²) in [5, 5.41) is 5.77. The van der Waals surface area contributed by atoms with E-state index in [1.807, 2.05) is 44.2 Å². The van der Waals surface area contributed by atoms with Crippen LogP contribution in [0.15, 0.2) is 77.4 Å². The molecule has 0 fully saturated rings. The first kappa shape index (κ1) is 20.1. The molecule has 0 atom stereocenters. The monoisotopic (exact) mass is 388 g/mol. The Morgan fingerprint density at radius 3 is 2.38 bits per heavy atom. The summed E-state index contributed by atoms with van der Waals surface area (Å²) in [6, 6.07) is 19.9. The number of benzene rings is 2. The van der Waals surface area contributed by atoms with E-state index in [1.165, 1.54) is 0 Å². The van der Waals surface area contributed by atoms with Gasteiger partial charge in [0.05, 0.1) is 23.1 Å². The van der Waals surface area contributed by atoms with E-state index in [-0.39, 0.29) is 11.8 Å². The summed E-state index contributed by atoms with van der Waals surface area (Å²) in [6.07, 6.45) is 3.24. The van der Waals surface area contributed by atoms with Crippen LogP contribution in [0.2, 0.25) is 0 Å². The molecule has 0 bridgehead atoms. The predicted octanol–water partition coefficient (Wildman–Crippen LogP) is 4.84. The van der Waals surface area contributed by atoms with Gasteiger partial charge in [0, 0.05) is 6.54 Å². The SMILES string of the molecule is CC(C)CNC(=O)c1ccccc1NC(=O)/C(=C/c1ccco1)c1ccccc1. The zero-order chi connectivity index (χ0) is 20.6. The van der Waals surface area contributed by atoms with Crippen molar-refractivity contribution in [3.05, 3.63) is 89.9 Å². The smallest absolute Gasteiger partial charge is 0.256 e. The minimum absolute atomic E-state index is 0.217. The quantitative estimate of drug-likeness (QED) is 0.569. The Labute approximate surface area is 170 Å². The fourth-order valence-electron chi connectivity index (χ4n) is 2.79. The molecule has 1 heterocycles. The Kier molecular flexibility index (Phi) is 6.63. The molecule has 2 amide bonds. The molecular formula is C24H24N2O3. The maximum atomic E-state index is 13.1. The number of anilines is 1. The average Bonchev–Trinajstić information content (AvgIpc) is 3.24. The summed E-state index contributed by atoms with van der Waals surface area (Å²) in [7, 11) is 0. The molecule has 5 heteroatoms. The van der Waals surface area contributed by atoms with Crippen LogP contribution in [0.3, 0.4) is 0 Å². The van der Waals surface area contributed by atoms with Gasteiger partial charge in [-0.1, -0.05) is 56.3 Å². The Bertz CT molecular complexity index is 990. The summed E-state index contributed by atoms with van der Waals surface area (Å²) in [6.45, 7) is 4.62. The van der Waals surface area contributed by atoms with Gasteiger partial charge in [0.1, 0.15) is 5.76 Å². The van der Waals surface area contributed by atoms with Crippen LogP contribution >= 0.6 is 0 Å². The van der Waals surface area contributed by atoms with Crippen LogP contribution in [0.5, 0.6) is 0 Å². The van der Waals surface area contributed by atoms with Crippen LogP contribution in [-0.4, -0.2) is 18.4 Å². The molecule has 0 saturated heterocycles. The van der Waals surface area contributed by atoms with Crippen LogP contribution in [0, 0.1) is 5.92 Å². The van der Waals surface area contributed by atoms with E-state index in [9.17, 15) is 9.59 Å². The van der Waals surface area contributed by atoms with Crippen molar-refractivity contribution >= 4 is 29.2 Å². The minimum Gasteiger partial charge on any atom is -0.465 e. The number of amides is 2. The highest BCUT2D eigenvalue weighted by Gasteiger charge is 2.17. The van der Waals surface area contributed by atoms with Crippen LogP contribution in [0.1, 0.15) is 35.5 Å². The molecular weight excluding hydrogens is 364 g/mol. The van der Waals surface area contributed by atoms with Gasteiger partial charge in [-0.2, -0.15) is 0 Å². The van der Waals surface area contributed by atoms with E-state index < -0.39 is 0 Å². The third kappa shape index (κ3) is 5.45. The number of carbonyl (C=O) groups is 2. The van der Waals surface area contributed by atoms with Crippen molar-refractivity contribution in [2.45, 2.75) is 13.8 Å². The van der Waals surface area contributed by atoms with Gasteiger partial charge >= 0.3 is 0 Å². The lowest BCUT2D eigenvalue weighted by Gasteiger charge is -2.14. The fourth-order valence-corrected chi connectivity index (χ4v) is 2.79. The van der Waals surface area contributed by atoms with Crippen LogP contribution < -0.4 is 10.6 Å². The summed E-state index contributed by atoms with van der Waals surface area (Å²) in [5.74, 6) is 0.367. The maximum absolute atomic E-state index is 13.1. The molecule has 0 unspecified atom stereocenters. The van der Waals surface area contributed by atoms with Crippen LogP contribution in [0.25, 0.3) is 11.6 Å². The van der Waals surface area contributed by atoms with Gasteiger partial charge in [0.25, 0.3) is 11.8 Å². The number of rotatable bonds is 7. The number of furan rings is 1. The van der Waals surface area contributed by atoms with E-state index in [0.717, 1.165) is 5.56 Å². The summed E-state index contributed by atoms with van der Waals surface area (Å²) >= 11 is 0. The molecule has 29 heavy (non-hydrogen) atoms. The van der Waals surface area contributed by atoms with Crippen molar-refractivity contribution in [3.8, 4) is 0 Å². The first-order valence-corrected chi connectivity index (χ1v) is 9.54. The molecule has 0 radical (unpaired) electrons. The van der Waals surface area contributed by atoms with Crippen molar-refractivity contribution in [2.75, 3.05) is 11.9 Å². The Hall–Kier alpha value is -3.60. The van der Waals surface area contributed by atoms with E-state index >= 15 is 0 Å². The van der Waals surface area contributed by atoms with Crippen molar-refractivity contribution in [2.24, 2.45) is 5.92 Å². The normalized spacial score (nSPS) is 11.3. The number of hydrogen-bond donors (Lipinski definition) is 2. The van der Waals surface area contributed by atoms with Crippen molar-refractivity contribution in [1.29, 1.82) is 0 Å². The molecule has 0 aliphatic heterocycles. The minimum atomic E-state index is -0.322. The molecule has 0 saturated carbocycles. The number of hydrogen-bond acceptors (Lipinski definition) is 3. The van der Waals surface area contributed by atoms with Gasteiger partial charge in [-0.3, -0.25) is 9.59 Å². The van der Waals surface area contributed by atoms with E-state index in [1.54, 1.807) is 48.7 Å². The third-order valence-electron chi connectivity index (χ3n) is 4.25. The summed E-state index contributed by atoms with van der Waals surface area (Å²) < 4.78 is 5.38. The van der Waals surface area contributed by atoms with E-state index in [0.29, 0.717) is 35.0 Å². The Morgan fingerprint density at radius 1 is 0.966 bits per heavy atom. The average molecular weight is 388 g/mol. The first-order valence-electron chi connectivity index (χ1n) is 9.54.